The molecule has 106 valence electrons. The molecule has 0 spiro atoms. The third-order valence-electron chi connectivity index (χ3n) is 3.99. The summed E-state index contributed by atoms with van der Waals surface area (Å²) in [5.41, 5.74) is 0.859. The van der Waals surface area contributed by atoms with Gasteiger partial charge in [-0.3, -0.25) is 4.90 Å². The quantitative estimate of drug-likeness (QED) is 0.872. The second-order valence-corrected chi connectivity index (χ2v) is 5.76. The van der Waals surface area contributed by atoms with Gasteiger partial charge < -0.3 is 10.4 Å². The van der Waals surface area contributed by atoms with Gasteiger partial charge in [0.2, 0.25) is 0 Å². The number of likely N-dealkylation sites (tertiary alicyclic amines) is 1. The highest BCUT2D eigenvalue weighted by atomic mass is 35.5. The standard InChI is InChI=1S/C15H23ClN2O/c1-17-8-5-12-6-9-18(10-7-12)11-13-14(16)3-2-4-15(13)19/h2-4,12,17,19H,5-11H2,1H3. The maximum Gasteiger partial charge on any atom is 0.121 e. The van der Waals surface area contributed by atoms with Crippen LogP contribution in [0.5, 0.6) is 5.75 Å². The number of rotatable bonds is 5. The highest BCUT2D eigenvalue weighted by Gasteiger charge is 2.20. The third kappa shape index (κ3) is 4.10. The topological polar surface area (TPSA) is 35.5 Å². The second-order valence-electron chi connectivity index (χ2n) is 5.35. The SMILES string of the molecule is CNCCC1CCN(Cc2c(O)cccc2Cl)CC1. The van der Waals surface area contributed by atoms with Gasteiger partial charge in [-0.05, 0) is 64.0 Å². The van der Waals surface area contributed by atoms with Crippen molar-refractivity contribution in [3.63, 3.8) is 0 Å². The first-order valence-electron chi connectivity index (χ1n) is 7.04. The molecule has 0 atom stereocenters. The summed E-state index contributed by atoms with van der Waals surface area (Å²) in [6, 6.07) is 5.34. The van der Waals surface area contributed by atoms with Gasteiger partial charge in [0.15, 0.2) is 0 Å². The van der Waals surface area contributed by atoms with E-state index >= 15 is 0 Å². The summed E-state index contributed by atoms with van der Waals surface area (Å²) in [7, 11) is 2.01. The maximum atomic E-state index is 9.87. The molecule has 1 aromatic carbocycles. The summed E-state index contributed by atoms with van der Waals surface area (Å²) < 4.78 is 0. The largest absolute Gasteiger partial charge is 0.508 e. The molecule has 0 aliphatic carbocycles. The van der Waals surface area contributed by atoms with Crippen molar-refractivity contribution in [2.45, 2.75) is 25.8 Å². The van der Waals surface area contributed by atoms with E-state index in [2.05, 4.69) is 10.2 Å². The third-order valence-corrected chi connectivity index (χ3v) is 4.34. The number of nitrogens with zero attached hydrogens (tertiary/aromatic N) is 1. The van der Waals surface area contributed by atoms with Crippen LogP contribution in [0.3, 0.4) is 0 Å². The van der Waals surface area contributed by atoms with Crippen molar-refractivity contribution in [3.8, 4) is 5.75 Å². The van der Waals surface area contributed by atoms with E-state index in [0.29, 0.717) is 10.8 Å². The number of aromatic hydroxyl groups is 1. The number of nitrogens with one attached hydrogen (secondary N) is 1. The van der Waals surface area contributed by atoms with Crippen LogP contribution in [0, 0.1) is 5.92 Å². The van der Waals surface area contributed by atoms with Gasteiger partial charge in [0, 0.05) is 17.1 Å². The predicted octanol–water partition coefficient (Wildman–Crippen LogP) is 2.87. The van der Waals surface area contributed by atoms with Gasteiger partial charge in [-0.1, -0.05) is 17.7 Å². The van der Waals surface area contributed by atoms with Crippen LogP contribution in [0.2, 0.25) is 5.02 Å². The van der Waals surface area contributed by atoms with Gasteiger partial charge >= 0.3 is 0 Å². The Kier molecular flexibility index (Phi) is 5.49. The monoisotopic (exact) mass is 282 g/mol. The Hall–Kier alpha value is -0.770. The lowest BCUT2D eigenvalue weighted by atomic mass is 9.93. The lowest BCUT2D eigenvalue weighted by Gasteiger charge is -2.32. The first-order valence-corrected chi connectivity index (χ1v) is 7.42. The molecular formula is C15H23ClN2O. The summed E-state index contributed by atoms with van der Waals surface area (Å²) in [6.45, 7) is 4.05. The van der Waals surface area contributed by atoms with Crippen LogP contribution in [0.1, 0.15) is 24.8 Å². The Labute approximate surface area is 120 Å². The Morgan fingerprint density at radius 3 is 2.74 bits per heavy atom. The predicted molar refractivity (Wildman–Crippen MR) is 79.7 cm³/mol. The van der Waals surface area contributed by atoms with Crippen LogP contribution in [0.15, 0.2) is 18.2 Å². The molecule has 0 amide bonds. The van der Waals surface area contributed by atoms with Crippen molar-refractivity contribution in [2.75, 3.05) is 26.7 Å². The number of phenols is 1. The van der Waals surface area contributed by atoms with E-state index in [1.165, 1.54) is 19.3 Å². The number of hydrogen-bond donors (Lipinski definition) is 2. The summed E-state index contributed by atoms with van der Waals surface area (Å²) >= 11 is 6.15. The molecule has 19 heavy (non-hydrogen) atoms. The average Bonchev–Trinajstić information content (AvgIpc) is 2.42. The normalized spacial score (nSPS) is 17.8. The highest BCUT2D eigenvalue weighted by Crippen LogP contribution is 2.28. The molecule has 2 rings (SSSR count). The molecule has 2 N–H and O–H groups in total. The van der Waals surface area contributed by atoms with Gasteiger partial charge in [0.05, 0.1) is 0 Å². The Morgan fingerprint density at radius 1 is 1.37 bits per heavy atom. The number of benzene rings is 1. The number of halogens is 1. The molecule has 1 fully saturated rings. The van der Waals surface area contributed by atoms with Gasteiger partial charge in [-0.2, -0.15) is 0 Å². The van der Waals surface area contributed by atoms with Gasteiger partial charge in [-0.15, -0.1) is 0 Å². The molecule has 0 saturated carbocycles. The number of piperidine rings is 1. The molecule has 0 radical (unpaired) electrons. The van der Waals surface area contributed by atoms with Crippen molar-refractivity contribution in [2.24, 2.45) is 5.92 Å². The van der Waals surface area contributed by atoms with E-state index in [4.69, 9.17) is 11.6 Å². The zero-order valence-corrected chi connectivity index (χ0v) is 12.3. The van der Waals surface area contributed by atoms with Crippen molar-refractivity contribution < 1.29 is 5.11 Å². The minimum atomic E-state index is 0.310. The van der Waals surface area contributed by atoms with Gasteiger partial charge in [-0.25, -0.2) is 0 Å². The summed E-state index contributed by atoms with van der Waals surface area (Å²) in [6.07, 6.45) is 3.75. The van der Waals surface area contributed by atoms with Crippen LogP contribution in [0.4, 0.5) is 0 Å². The molecule has 0 bridgehead atoms. The molecule has 1 aliphatic heterocycles. The molecule has 1 aromatic rings. The van der Waals surface area contributed by atoms with E-state index in [-0.39, 0.29) is 0 Å². The lowest BCUT2D eigenvalue weighted by molar-refractivity contribution is 0.171. The molecule has 0 unspecified atom stereocenters. The second kappa shape index (κ2) is 7.13. The van der Waals surface area contributed by atoms with E-state index < -0.39 is 0 Å². The summed E-state index contributed by atoms with van der Waals surface area (Å²) in [5, 5.41) is 13.8. The lowest BCUT2D eigenvalue weighted by Crippen LogP contribution is -2.34. The molecule has 1 heterocycles. The van der Waals surface area contributed by atoms with E-state index in [0.717, 1.165) is 37.7 Å². The molecule has 1 saturated heterocycles. The molecule has 1 aliphatic rings. The fourth-order valence-electron chi connectivity index (χ4n) is 2.71. The van der Waals surface area contributed by atoms with Crippen molar-refractivity contribution >= 4 is 11.6 Å². The van der Waals surface area contributed by atoms with Crippen molar-refractivity contribution in [3.05, 3.63) is 28.8 Å². The van der Waals surface area contributed by atoms with Crippen LogP contribution in [0.25, 0.3) is 0 Å². The average molecular weight is 283 g/mol. The zero-order valence-electron chi connectivity index (χ0n) is 11.5. The highest BCUT2D eigenvalue weighted by molar-refractivity contribution is 6.31. The van der Waals surface area contributed by atoms with E-state index in [9.17, 15) is 5.11 Å². The molecular weight excluding hydrogens is 260 g/mol. The smallest absolute Gasteiger partial charge is 0.121 e. The molecule has 3 nitrogen and oxygen atoms in total. The maximum absolute atomic E-state index is 9.87. The minimum absolute atomic E-state index is 0.310. The Morgan fingerprint density at radius 2 is 2.11 bits per heavy atom. The van der Waals surface area contributed by atoms with E-state index in [1.54, 1.807) is 12.1 Å². The minimum Gasteiger partial charge on any atom is -0.508 e. The fourth-order valence-corrected chi connectivity index (χ4v) is 2.94. The van der Waals surface area contributed by atoms with Crippen LogP contribution >= 0.6 is 11.6 Å². The van der Waals surface area contributed by atoms with Gasteiger partial charge in [0.25, 0.3) is 0 Å². The zero-order chi connectivity index (χ0) is 13.7. The molecule has 4 heteroatoms. The van der Waals surface area contributed by atoms with Gasteiger partial charge in [0.1, 0.15) is 5.75 Å². The van der Waals surface area contributed by atoms with Crippen LogP contribution in [-0.4, -0.2) is 36.7 Å². The number of phenolic OH excluding ortho intramolecular Hbond substituents is 1. The number of hydrogen-bond acceptors (Lipinski definition) is 3. The Bertz CT molecular complexity index is 383. The first kappa shape index (κ1) is 14.6. The first-order chi connectivity index (χ1) is 9.20. The van der Waals surface area contributed by atoms with E-state index in [1.807, 2.05) is 13.1 Å². The van der Waals surface area contributed by atoms with Crippen molar-refractivity contribution in [1.82, 2.24) is 10.2 Å². The van der Waals surface area contributed by atoms with Crippen LogP contribution in [-0.2, 0) is 6.54 Å². The summed E-state index contributed by atoms with van der Waals surface area (Å²) in [4.78, 5) is 2.39. The Balaban J connectivity index is 1.85. The van der Waals surface area contributed by atoms with Crippen molar-refractivity contribution in [1.29, 1.82) is 0 Å². The molecule has 0 aromatic heterocycles. The summed E-state index contributed by atoms with van der Waals surface area (Å²) in [5.74, 6) is 1.15. The fraction of sp³-hybridized carbons (Fsp3) is 0.600. The van der Waals surface area contributed by atoms with Crippen LogP contribution < -0.4 is 5.32 Å².